The largest absolute Gasteiger partial charge is 0.352 e. The number of rotatable bonds is 6. The summed E-state index contributed by atoms with van der Waals surface area (Å²) in [5, 5.41) is 0. The molecule has 0 radical (unpaired) electrons. The third-order valence-corrected chi connectivity index (χ3v) is 7.67. The number of imidazole rings is 1. The van der Waals surface area contributed by atoms with E-state index >= 15 is 0 Å². The van der Waals surface area contributed by atoms with Gasteiger partial charge >= 0.3 is 0 Å². The summed E-state index contributed by atoms with van der Waals surface area (Å²) in [6, 6.07) is 0. The van der Waals surface area contributed by atoms with E-state index in [2.05, 4.69) is 4.98 Å². The molecule has 0 bridgehead atoms. The van der Waals surface area contributed by atoms with Gasteiger partial charge in [-0.05, 0) is 33.1 Å². The zero-order valence-electron chi connectivity index (χ0n) is 16.4. The fraction of sp³-hybridized carbons (Fsp3) is 0.778. The SMILES string of the molecule is CCCS(=O)(=O)N1CCC2(CC1)O[C@H](C(=O)N(CC)CC)Cn1ccnc12. The highest BCUT2D eigenvalue weighted by molar-refractivity contribution is 7.89. The van der Waals surface area contributed by atoms with Gasteiger partial charge in [-0.2, -0.15) is 0 Å². The zero-order chi connectivity index (χ0) is 19.7. The number of fused-ring (bicyclic) bond motifs is 2. The number of piperidine rings is 1. The predicted molar refractivity (Wildman–Crippen MR) is 102 cm³/mol. The lowest BCUT2D eigenvalue weighted by Gasteiger charge is -2.45. The van der Waals surface area contributed by atoms with Crippen LogP contribution in [0, 0.1) is 0 Å². The van der Waals surface area contributed by atoms with Crippen LogP contribution in [0.2, 0.25) is 0 Å². The number of likely N-dealkylation sites (N-methyl/N-ethyl adjacent to an activating group) is 1. The summed E-state index contributed by atoms with van der Waals surface area (Å²) < 4.78 is 34.7. The van der Waals surface area contributed by atoms with Crippen molar-refractivity contribution in [1.29, 1.82) is 0 Å². The van der Waals surface area contributed by atoms with E-state index in [9.17, 15) is 13.2 Å². The first-order valence-electron chi connectivity index (χ1n) is 9.83. The Morgan fingerprint density at radius 1 is 1.30 bits per heavy atom. The minimum absolute atomic E-state index is 0.0141. The maximum absolute atomic E-state index is 12.9. The molecule has 1 spiro atoms. The van der Waals surface area contributed by atoms with Crippen LogP contribution in [-0.4, -0.2) is 71.1 Å². The van der Waals surface area contributed by atoms with Gasteiger partial charge in [-0.3, -0.25) is 4.79 Å². The van der Waals surface area contributed by atoms with Gasteiger partial charge in [-0.25, -0.2) is 17.7 Å². The number of sulfonamides is 1. The van der Waals surface area contributed by atoms with Crippen molar-refractivity contribution in [3.63, 3.8) is 0 Å². The van der Waals surface area contributed by atoms with Crippen LogP contribution in [0.25, 0.3) is 0 Å². The third-order valence-electron chi connectivity index (χ3n) is 5.59. The molecule has 1 fully saturated rings. The van der Waals surface area contributed by atoms with Crippen molar-refractivity contribution in [2.75, 3.05) is 31.9 Å². The number of hydrogen-bond acceptors (Lipinski definition) is 5. The van der Waals surface area contributed by atoms with Crippen LogP contribution in [0.4, 0.5) is 0 Å². The molecular formula is C18H30N4O4S. The van der Waals surface area contributed by atoms with Crippen LogP contribution in [-0.2, 0) is 31.7 Å². The van der Waals surface area contributed by atoms with Gasteiger partial charge in [0.05, 0.1) is 12.3 Å². The Labute approximate surface area is 161 Å². The topological polar surface area (TPSA) is 84.7 Å². The fourth-order valence-electron chi connectivity index (χ4n) is 4.12. The Morgan fingerprint density at radius 3 is 2.56 bits per heavy atom. The van der Waals surface area contributed by atoms with E-state index in [1.54, 1.807) is 15.4 Å². The predicted octanol–water partition coefficient (Wildman–Crippen LogP) is 1.18. The summed E-state index contributed by atoms with van der Waals surface area (Å²) in [6.07, 6.45) is 4.66. The summed E-state index contributed by atoms with van der Waals surface area (Å²) in [6.45, 7) is 8.30. The Balaban J connectivity index is 1.82. The van der Waals surface area contributed by atoms with E-state index in [1.165, 1.54) is 0 Å². The zero-order valence-corrected chi connectivity index (χ0v) is 17.2. The smallest absolute Gasteiger partial charge is 0.253 e. The molecule has 152 valence electrons. The molecule has 2 aliphatic rings. The van der Waals surface area contributed by atoms with Gasteiger partial charge in [0.1, 0.15) is 11.4 Å². The number of carbonyl (C=O) groups excluding carboxylic acids is 1. The maximum atomic E-state index is 12.9. The first kappa shape index (κ1) is 20.3. The lowest BCUT2D eigenvalue weighted by atomic mass is 9.89. The van der Waals surface area contributed by atoms with E-state index in [4.69, 9.17) is 4.74 Å². The van der Waals surface area contributed by atoms with E-state index in [0.29, 0.717) is 52.0 Å². The molecule has 1 aromatic heterocycles. The maximum Gasteiger partial charge on any atom is 0.253 e. The van der Waals surface area contributed by atoms with Crippen LogP contribution >= 0.6 is 0 Å². The van der Waals surface area contributed by atoms with Crippen LogP contribution in [0.3, 0.4) is 0 Å². The lowest BCUT2D eigenvalue weighted by Crippen LogP contribution is -2.55. The lowest BCUT2D eigenvalue weighted by molar-refractivity contribution is -0.178. The highest BCUT2D eigenvalue weighted by Crippen LogP contribution is 2.40. The summed E-state index contributed by atoms with van der Waals surface area (Å²) in [4.78, 5) is 19.1. The molecule has 9 heteroatoms. The molecule has 27 heavy (non-hydrogen) atoms. The van der Waals surface area contributed by atoms with Gasteiger partial charge in [-0.1, -0.05) is 6.92 Å². The second kappa shape index (κ2) is 7.89. The molecular weight excluding hydrogens is 368 g/mol. The second-order valence-corrected chi connectivity index (χ2v) is 9.32. The minimum atomic E-state index is -3.23. The Morgan fingerprint density at radius 2 is 1.96 bits per heavy atom. The Kier molecular flexibility index (Phi) is 5.93. The van der Waals surface area contributed by atoms with Gasteiger partial charge in [0.2, 0.25) is 10.0 Å². The number of carbonyl (C=O) groups is 1. The molecule has 0 saturated carbocycles. The number of nitrogens with zero attached hydrogens (tertiary/aromatic N) is 4. The van der Waals surface area contributed by atoms with Crippen LogP contribution in [0.15, 0.2) is 12.4 Å². The van der Waals surface area contributed by atoms with Gasteiger partial charge in [0.15, 0.2) is 6.10 Å². The second-order valence-electron chi connectivity index (χ2n) is 7.23. The summed E-state index contributed by atoms with van der Waals surface area (Å²) >= 11 is 0. The van der Waals surface area contributed by atoms with Crippen molar-refractivity contribution in [2.45, 2.75) is 58.3 Å². The first-order valence-corrected chi connectivity index (χ1v) is 11.4. The van der Waals surface area contributed by atoms with Crippen LogP contribution in [0.5, 0.6) is 0 Å². The van der Waals surface area contributed by atoms with E-state index in [-0.39, 0.29) is 11.7 Å². The fourth-order valence-corrected chi connectivity index (χ4v) is 5.63. The van der Waals surface area contributed by atoms with E-state index in [0.717, 1.165) is 5.82 Å². The summed E-state index contributed by atoms with van der Waals surface area (Å²) in [5.41, 5.74) is -0.701. The number of amides is 1. The van der Waals surface area contributed by atoms with Gasteiger partial charge < -0.3 is 14.2 Å². The van der Waals surface area contributed by atoms with Gasteiger partial charge in [-0.15, -0.1) is 0 Å². The molecule has 0 aromatic carbocycles. The molecule has 1 atom stereocenters. The molecule has 1 saturated heterocycles. The minimum Gasteiger partial charge on any atom is -0.352 e. The normalized spacial score (nSPS) is 22.6. The standard InChI is InChI=1S/C18H30N4O4S/c1-4-13-27(24,25)22-10-7-18(8-11-22)17-19-9-12-21(17)14-15(26-18)16(23)20(5-2)6-3/h9,12,15H,4-8,10-11,13-14H2,1-3H3/t15-/m0/s1. The molecule has 0 N–H and O–H groups in total. The first-order chi connectivity index (χ1) is 12.9. The summed E-state index contributed by atoms with van der Waals surface area (Å²) in [7, 11) is -3.23. The quantitative estimate of drug-likeness (QED) is 0.718. The third kappa shape index (κ3) is 3.77. The number of hydrogen-bond donors (Lipinski definition) is 0. The van der Waals surface area contributed by atoms with E-state index in [1.807, 2.05) is 31.5 Å². The monoisotopic (exact) mass is 398 g/mol. The van der Waals surface area contributed by atoms with Crippen molar-refractivity contribution < 1.29 is 17.9 Å². The Bertz CT molecular complexity index is 764. The number of aromatic nitrogens is 2. The van der Waals surface area contributed by atoms with Crippen molar-refractivity contribution in [1.82, 2.24) is 18.8 Å². The molecule has 2 aliphatic heterocycles. The van der Waals surface area contributed by atoms with Crippen LogP contribution in [0.1, 0.15) is 45.9 Å². The highest BCUT2D eigenvalue weighted by Gasteiger charge is 2.48. The van der Waals surface area contributed by atoms with Gasteiger partial charge in [0.25, 0.3) is 5.91 Å². The molecule has 0 unspecified atom stereocenters. The van der Waals surface area contributed by atoms with E-state index < -0.39 is 21.7 Å². The van der Waals surface area contributed by atoms with Crippen molar-refractivity contribution in [2.24, 2.45) is 0 Å². The molecule has 3 rings (SSSR count). The van der Waals surface area contributed by atoms with Crippen LogP contribution < -0.4 is 0 Å². The van der Waals surface area contributed by atoms with Crippen molar-refractivity contribution >= 4 is 15.9 Å². The molecule has 3 heterocycles. The number of ether oxygens (including phenoxy) is 1. The molecule has 8 nitrogen and oxygen atoms in total. The highest BCUT2D eigenvalue weighted by atomic mass is 32.2. The molecule has 1 aromatic rings. The van der Waals surface area contributed by atoms with Gasteiger partial charge in [0, 0.05) is 38.6 Å². The molecule has 0 aliphatic carbocycles. The van der Waals surface area contributed by atoms with Crippen molar-refractivity contribution in [3.8, 4) is 0 Å². The molecule has 1 amide bonds. The Hall–Kier alpha value is -1.45. The average Bonchev–Trinajstić information content (AvgIpc) is 3.12. The average molecular weight is 399 g/mol. The van der Waals surface area contributed by atoms with Crippen molar-refractivity contribution in [3.05, 3.63) is 18.2 Å². The summed E-state index contributed by atoms with van der Waals surface area (Å²) in [5.74, 6) is 0.955.